The first kappa shape index (κ1) is 19.9. The summed E-state index contributed by atoms with van der Waals surface area (Å²) in [5.74, 6) is 2.22. The van der Waals surface area contributed by atoms with Crippen LogP contribution in [-0.4, -0.2) is 22.1 Å². The van der Waals surface area contributed by atoms with Crippen LogP contribution >= 0.6 is 0 Å². The van der Waals surface area contributed by atoms with Crippen molar-refractivity contribution in [2.75, 3.05) is 6.61 Å². The molecule has 3 rings (SSSR count). The average molecular weight is 380 g/mol. The zero-order valence-corrected chi connectivity index (χ0v) is 17.2. The zero-order valence-electron chi connectivity index (χ0n) is 17.2. The van der Waals surface area contributed by atoms with Crippen LogP contribution < -0.4 is 10.1 Å². The number of hydrogen-bond acceptors (Lipinski definition) is 3. The third-order valence-corrected chi connectivity index (χ3v) is 4.86. The molecule has 0 unspecified atom stereocenters. The van der Waals surface area contributed by atoms with Gasteiger partial charge in [0.25, 0.3) is 0 Å². The second kappa shape index (κ2) is 8.91. The van der Waals surface area contributed by atoms with E-state index < -0.39 is 0 Å². The minimum Gasteiger partial charge on any atom is -0.491 e. The van der Waals surface area contributed by atoms with Crippen molar-refractivity contribution in [2.45, 2.75) is 53.1 Å². The highest BCUT2D eigenvalue weighted by molar-refractivity contribution is 5.77. The molecule has 0 aliphatic heterocycles. The fourth-order valence-electron chi connectivity index (χ4n) is 3.30. The Morgan fingerprint density at radius 3 is 2.75 bits per heavy atom. The lowest BCUT2D eigenvalue weighted by Gasteiger charge is -2.16. The van der Waals surface area contributed by atoms with Crippen LogP contribution in [0.1, 0.15) is 50.1 Å². The maximum Gasteiger partial charge on any atom is 0.220 e. The quantitative estimate of drug-likeness (QED) is 0.623. The van der Waals surface area contributed by atoms with E-state index in [0.717, 1.165) is 22.6 Å². The Bertz CT molecular complexity index is 960. The number of aryl methyl sites for hydroxylation is 1. The van der Waals surface area contributed by atoms with Crippen LogP contribution in [0.4, 0.5) is 0 Å². The number of imidazole rings is 1. The van der Waals surface area contributed by atoms with Crippen LogP contribution in [0.5, 0.6) is 5.75 Å². The molecule has 3 aromatic rings. The highest BCUT2D eigenvalue weighted by atomic mass is 16.5. The Kier molecular flexibility index (Phi) is 6.34. The number of carbonyl (C=O) groups excluding carboxylic acids is 1. The lowest BCUT2D eigenvalue weighted by Crippen LogP contribution is -2.24. The Balaban J connectivity index is 1.78. The summed E-state index contributed by atoms with van der Waals surface area (Å²) in [5.41, 5.74) is 4.40. The molecule has 28 heavy (non-hydrogen) atoms. The van der Waals surface area contributed by atoms with E-state index in [0.29, 0.717) is 32.0 Å². The number of carbonyl (C=O) groups is 1. The molecule has 0 fully saturated rings. The standard InChI is InChI=1S/C23H29N3O2/c1-5-23(27)24-15-22-25-19-8-6-7-9-20(19)26(22)12-13-28-21-14-17(4)10-11-18(21)16(2)3/h6-11,14,16H,5,12-13,15H2,1-4H3,(H,24,27). The van der Waals surface area contributed by atoms with Gasteiger partial charge in [-0.3, -0.25) is 4.79 Å². The number of benzene rings is 2. The zero-order chi connectivity index (χ0) is 20.1. The smallest absolute Gasteiger partial charge is 0.220 e. The Labute approximate surface area is 166 Å². The molecule has 0 aliphatic carbocycles. The van der Waals surface area contributed by atoms with E-state index in [2.05, 4.69) is 54.9 Å². The predicted molar refractivity (Wildman–Crippen MR) is 113 cm³/mol. The third kappa shape index (κ3) is 4.53. The van der Waals surface area contributed by atoms with E-state index in [4.69, 9.17) is 9.72 Å². The summed E-state index contributed by atoms with van der Waals surface area (Å²) < 4.78 is 8.30. The van der Waals surface area contributed by atoms with Crippen LogP contribution in [0, 0.1) is 6.92 Å². The molecule has 2 aromatic carbocycles. The minimum absolute atomic E-state index is 0.0243. The molecule has 5 nitrogen and oxygen atoms in total. The maximum absolute atomic E-state index is 11.7. The number of ether oxygens (including phenoxy) is 1. The lowest BCUT2D eigenvalue weighted by molar-refractivity contribution is -0.120. The van der Waals surface area contributed by atoms with Gasteiger partial charge in [-0.15, -0.1) is 0 Å². The minimum atomic E-state index is 0.0243. The summed E-state index contributed by atoms with van der Waals surface area (Å²) in [4.78, 5) is 16.4. The summed E-state index contributed by atoms with van der Waals surface area (Å²) in [6, 6.07) is 14.4. The normalized spacial score (nSPS) is 11.2. The van der Waals surface area contributed by atoms with Gasteiger partial charge in [0.2, 0.25) is 5.91 Å². The van der Waals surface area contributed by atoms with Gasteiger partial charge >= 0.3 is 0 Å². The largest absolute Gasteiger partial charge is 0.491 e. The summed E-state index contributed by atoms with van der Waals surface area (Å²) in [7, 11) is 0. The number of amides is 1. The molecule has 1 amide bonds. The van der Waals surface area contributed by atoms with Crippen molar-refractivity contribution in [3.63, 3.8) is 0 Å². The van der Waals surface area contributed by atoms with Gasteiger partial charge < -0.3 is 14.6 Å². The predicted octanol–water partition coefficient (Wildman–Crippen LogP) is 4.57. The molecule has 148 valence electrons. The van der Waals surface area contributed by atoms with Crippen molar-refractivity contribution in [2.24, 2.45) is 0 Å². The molecule has 5 heteroatoms. The molecule has 0 radical (unpaired) electrons. The molecule has 0 bridgehead atoms. The van der Waals surface area contributed by atoms with E-state index in [-0.39, 0.29) is 5.91 Å². The monoisotopic (exact) mass is 379 g/mol. The molecule has 1 aromatic heterocycles. The molecule has 0 saturated carbocycles. The molecular formula is C23H29N3O2. The summed E-state index contributed by atoms with van der Waals surface area (Å²) in [6.07, 6.45) is 0.467. The summed E-state index contributed by atoms with van der Waals surface area (Å²) >= 11 is 0. The first-order valence-corrected chi connectivity index (χ1v) is 9.93. The maximum atomic E-state index is 11.7. The number of hydrogen-bond donors (Lipinski definition) is 1. The molecule has 0 saturated heterocycles. The van der Waals surface area contributed by atoms with Crippen molar-refractivity contribution >= 4 is 16.9 Å². The fraction of sp³-hybridized carbons (Fsp3) is 0.391. The molecule has 1 heterocycles. The number of para-hydroxylation sites is 2. The van der Waals surface area contributed by atoms with Crippen molar-refractivity contribution < 1.29 is 9.53 Å². The van der Waals surface area contributed by atoms with Gasteiger partial charge in [-0.1, -0.05) is 45.0 Å². The van der Waals surface area contributed by atoms with Gasteiger partial charge in [0.15, 0.2) is 0 Å². The Hall–Kier alpha value is -2.82. The van der Waals surface area contributed by atoms with Gasteiger partial charge in [0.1, 0.15) is 18.2 Å². The van der Waals surface area contributed by atoms with Gasteiger partial charge in [-0.2, -0.15) is 0 Å². The van der Waals surface area contributed by atoms with E-state index in [1.54, 1.807) is 0 Å². The van der Waals surface area contributed by atoms with Gasteiger partial charge in [-0.05, 0) is 42.2 Å². The fourth-order valence-corrected chi connectivity index (χ4v) is 3.30. The van der Waals surface area contributed by atoms with Crippen LogP contribution in [-0.2, 0) is 17.9 Å². The third-order valence-electron chi connectivity index (χ3n) is 4.86. The van der Waals surface area contributed by atoms with Crippen molar-refractivity contribution in [3.05, 3.63) is 59.4 Å². The van der Waals surface area contributed by atoms with E-state index in [1.165, 1.54) is 11.1 Å². The number of aromatic nitrogens is 2. The van der Waals surface area contributed by atoms with Crippen molar-refractivity contribution in [3.8, 4) is 5.75 Å². The first-order chi connectivity index (χ1) is 13.5. The van der Waals surface area contributed by atoms with Gasteiger partial charge in [-0.25, -0.2) is 4.98 Å². The molecule has 0 spiro atoms. The summed E-state index contributed by atoms with van der Waals surface area (Å²) in [5, 5.41) is 2.93. The number of nitrogens with one attached hydrogen (secondary N) is 1. The summed E-state index contributed by atoms with van der Waals surface area (Å²) in [6.45, 7) is 9.91. The van der Waals surface area contributed by atoms with Gasteiger partial charge in [0, 0.05) is 6.42 Å². The molecule has 0 aliphatic rings. The molecule has 1 N–H and O–H groups in total. The number of rotatable bonds is 8. The van der Waals surface area contributed by atoms with Crippen LogP contribution in [0.25, 0.3) is 11.0 Å². The van der Waals surface area contributed by atoms with Crippen LogP contribution in [0.2, 0.25) is 0 Å². The Morgan fingerprint density at radius 1 is 1.21 bits per heavy atom. The molecular weight excluding hydrogens is 350 g/mol. The van der Waals surface area contributed by atoms with E-state index >= 15 is 0 Å². The number of nitrogens with zero attached hydrogens (tertiary/aromatic N) is 2. The van der Waals surface area contributed by atoms with Crippen LogP contribution in [0.3, 0.4) is 0 Å². The number of fused-ring (bicyclic) bond motifs is 1. The van der Waals surface area contributed by atoms with Gasteiger partial charge in [0.05, 0.1) is 24.1 Å². The first-order valence-electron chi connectivity index (χ1n) is 9.93. The highest BCUT2D eigenvalue weighted by Gasteiger charge is 2.12. The lowest BCUT2D eigenvalue weighted by atomic mass is 10.0. The topological polar surface area (TPSA) is 56.2 Å². The van der Waals surface area contributed by atoms with Crippen LogP contribution in [0.15, 0.2) is 42.5 Å². The molecule has 0 atom stereocenters. The van der Waals surface area contributed by atoms with E-state index in [1.807, 2.05) is 25.1 Å². The second-order valence-electron chi connectivity index (χ2n) is 7.34. The highest BCUT2D eigenvalue weighted by Crippen LogP contribution is 2.27. The SMILES string of the molecule is CCC(=O)NCc1nc2ccccc2n1CCOc1cc(C)ccc1C(C)C. The van der Waals surface area contributed by atoms with Crippen molar-refractivity contribution in [1.82, 2.24) is 14.9 Å². The van der Waals surface area contributed by atoms with E-state index in [9.17, 15) is 4.79 Å². The average Bonchev–Trinajstić information content (AvgIpc) is 3.03. The Morgan fingerprint density at radius 2 is 2.00 bits per heavy atom. The van der Waals surface area contributed by atoms with Crippen molar-refractivity contribution in [1.29, 1.82) is 0 Å². The second-order valence-corrected chi connectivity index (χ2v) is 7.34.